The van der Waals surface area contributed by atoms with Crippen LogP contribution >= 0.6 is 0 Å². The summed E-state index contributed by atoms with van der Waals surface area (Å²) in [5.74, 6) is -0.311. The Kier molecular flexibility index (Phi) is 7.45. The quantitative estimate of drug-likeness (QED) is 0.605. The Hall–Kier alpha value is -2.72. The van der Waals surface area contributed by atoms with Crippen molar-refractivity contribution in [2.75, 3.05) is 7.11 Å². The van der Waals surface area contributed by atoms with Gasteiger partial charge in [0.15, 0.2) is 0 Å². The SMILES string of the molecule is COc1ccc(C(=O)NCc2ccc(OC(F)F)cc2)cc1S(=O)(=O)NC1CCCC1. The van der Waals surface area contributed by atoms with Gasteiger partial charge in [0, 0.05) is 18.2 Å². The van der Waals surface area contributed by atoms with Crippen molar-refractivity contribution in [2.24, 2.45) is 0 Å². The van der Waals surface area contributed by atoms with Crippen LogP contribution in [-0.4, -0.2) is 34.1 Å². The van der Waals surface area contributed by atoms with Crippen LogP contribution in [-0.2, 0) is 16.6 Å². The zero-order chi connectivity index (χ0) is 22.4. The highest BCUT2D eigenvalue weighted by Gasteiger charge is 2.26. The topological polar surface area (TPSA) is 93.7 Å². The Balaban J connectivity index is 1.70. The molecule has 1 aliphatic carbocycles. The van der Waals surface area contributed by atoms with Gasteiger partial charge >= 0.3 is 6.61 Å². The highest BCUT2D eigenvalue weighted by Crippen LogP contribution is 2.27. The summed E-state index contributed by atoms with van der Waals surface area (Å²) in [6, 6.07) is 9.92. The van der Waals surface area contributed by atoms with Crippen molar-refractivity contribution < 1.29 is 31.5 Å². The van der Waals surface area contributed by atoms with Crippen molar-refractivity contribution in [3.05, 3.63) is 53.6 Å². The molecule has 1 amide bonds. The fourth-order valence-electron chi connectivity index (χ4n) is 3.43. The third-order valence-electron chi connectivity index (χ3n) is 4.99. The number of sulfonamides is 1. The third-order valence-corrected chi connectivity index (χ3v) is 6.54. The molecule has 10 heteroatoms. The average molecular weight is 454 g/mol. The van der Waals surface area contributed by atoms with Crippen molar-refractivity contribution >= 4 is 15.9 Å². The monoisotopic (exact) mass is 454 g/mol. The molecule has 0 aromatic heterocycles. The lowest BCUT2D eigenvalue weighted by atomic mass is 10.2. The van der Waals surface area contributed by atoms with E-state index in [1.165, 1.54) is 37.4 Å². The fraction of sp³-hybridized carbons (Fsp3) is 0.381. The van der Waals surface area contributed by atoms with Crippen LogP contribution in [0.15, 0.2) is 47.4 Å². The highest BCUT2D eigenvalue weighted by molar-refractivity contribution is 7.89. The van der Waals surface area contributed by atoms with E-state index < -0.39 is 22.5 Å². The molecule has 0 radical (unpaired) electrons. The van der Waals surface area contributed by atoms with E-state index in [1.54, 1.807) is 12.1 Å². The van der Waals surface area contributed by atoms with Gasteiger partial charge in [-0.15, -0.1) is 0 Å². The lowest BCUT2D eigenvalue weighted by molar-refractivity contribution is -0.0498. The van der Waals surface area contributed by atoms with Crippen LogP contribution in [0.25, 0.3) is 0 Å². The van der Waals surface area contributed by atoms with Gasteiger partial charge in [-0.05, 0) is 48.7 Å². The number of hydrogen-bond acceptors (Lipinski definition) is 5. The number of halogens is 2. The predicted octanol–water partition coefficient (Wildman–Crippen LogP) is 3.45. The predicted molar refractivity (Wildman–Crippen MR) is 110 cm³/mol. The standard InChI is InChI=1S/C21H24F2N2O5S/c1-29-18-11-8-15(12-19(18)31(27,28)25-16-4-2-3-5-16)20(26)24-13-14-6-9-17(10-7-14)30-21(22)23/h6-12,16,21,25H,2-5,13H2,1H3,(H,24,26). The number of amides is 1. The summed E-state index contributed by atoms with van der Waals surface area (Å²) < 4.78 is 62.3. The molecule has 0 spiro atoms. The molecule has 0 aliphatic heterocycles. The smallest absolute Gasteiger partial charge is 0.387 e. The van der Waals surface area contributed by atoms with Crippen molar-refractivity contribution in [1.29, 1.82) is 0 Å². The number of alkyl halides is 2. The molecule has 1 fully saturated rings. The van der Waals surface area contributed by atoms with E-state index in [0.717, 1.165) is 25.7 Å². The maximum atomic E-state index is 12.8. The highest BCUT2D eigenvalue weighted by atomic mass is 32.2. The van der Waals surface area contributed by atoms with Gasteiger partial charge in [-0.2, -0.15) is 8.78 Å². The van der Waals surface area contributed by atoms with E-state index >= 15 is 0 Å². The molecule has 2 N–H and O–H groups in total. The minimum Gasteiger partial charge on any atom is -0.495 e. The van der Waals surface area contributed by atoms with Gasteiger partial charge in [0.1, 0.15) is 16.4 Å². The Morgan fingerprint density at radius 2 is 1.81 bits per heavy atom. The van der Waals surface area contributed by atoms with Crippen LogP contribution in [0.1, 0.15) is 41.6 Å². The first kappa shape index (κ1) is 23.0. The van der Waals surface area contributed by atoms with Gasteiger partial charge in [-0.3, -0.25) is 4.79 Å². The van der Waals surface area contributed by atoms with Gasteiger partial charge in [0.2, 0.25) is 10.0 Å². The van der Waals surface area contributed by atoms with Crippen LogP contribution < -0.4 is 19.5 Å². The van der Waals surface area contributed by atoms with E-state index in [4.69, 9.17) is 4.74 Å². The molecule has 2 aromatic rings. The molecule has 0 heterocycles. The molecule has 0 unspecified atom stereocenters. The molecule has 3 rings (SSSR count). The Bertz CT molecular complexity index is 1010. The van der Waals surface area contributed by atoms with Gasteiger partial charge in [-0.25, -0.2) is 13.1 Å². The van der Waals surface area contributed by atoms with E-state index in [9.17, 15) is 22.0 Å². The number of ether oxygens (including phenoxy) is 2. The van der Waals surface area contributed by atoms with E-state index in [2.05, 4.69) is 14.8 Å². The van der Waals surface area contributed by atoms with Crippen LogP contribution in [0.4, 0.5) is 8.78 Å². The van der Waals surface area contributed by atoms with Crippen molar-refractivity contribution in [3.8, 4) is 11.5 Å². The Morgan fingerprint density at radius 3 is 2.42 bits per heavy atom. The summed E-state index contributed by atoms with van der Waals surface area (Å²) in [4.78, 5) is 12.5. The normalized spacial score (nSPS) is 14.6. The van der Waals surface area contributed by atoms with Gasteiger partial charge in [0.05, 0.1) is 7.11 Å². The fourth-order valence-corrected chi connectivity index (χ4v) is 4.93. The minimum atomic E-state index is -3.85. The number of nitrogens with one attached hydrogen (secondary N) is 2. The number of hydrogen-bond donors (Lipinski definition) is 2. The van der Waals surface area contributed by atoms with Gasteiger partial charge in [-0.1, -0.05) is 25.0 Å². The second-order valence-electron chi connectivity index (χ2n) is 7.17. The maximum Gasteiger partial charge on any atom is 0.387 e. The number of rotatable bonds is 9. The van der Waals surface area contributed by atoms with E-state index in [1.807, 2.05) is 0 Å². The molecular weight excluding hydrogens is 430 g/mol. The zero-order valence-electron chi connectivity index (χ0n) is 16.9. The van der Waals surface area contributed by atoms with Gasteiger partial charge in [0.25, 0.3) is 5.91 Å². The summed E-state index contributed by atoms with van der Waals surface area (Å²) in [6.07, 6.45) is 3.51. The first-order valence-corrected chi connectivity index (χ1v) is 11.3. The first-order chi connectivity index (χ1) is 14.8. The molecule has 1 saturated carbocycles. The van der Waals surface area contributed by atoms with Crippen molar-refractivity contribution in [2.45, 2.75) is 49.8 Å². The summed E-state index contributed by atoms with van der Waals surface area (Å²) in [6.45, 7) is -2.78. The number of carbonyl (C=O) groups excluding carboxylic acids is 1. The minimum absolute atomic E-state index is 0.0184. The van der Waals surface area contributed by atoms with Crippen LogP contribution in [0.5, 0.6) is 11.5 Å². The van der Waals surface area contributed by atoms with Crippen LogP contribution in [0.3, 0.4) is 0 Å². The van der Waals surface area contributed by atoms with Crippen LogP contribution in [0, 0.1) is 0 Å². The maximum absolute atomic E-state index is 12.8. The van der Waals surface area contributed by atoms with E-state index in [-0.39, 0.29) is 34.5 Å². The number of benzene rings is 2. The van der Waals surface area contributed by atoms with Crippen molar-refractivity contribution in [1.82, 2.24) is 10.0 Å². The molecule has 0 saturated heterocycles. The largest absolute Gasteiger partial charge is 0.495 e. The number of methoxy groups -OCH3 is 1. The number of carbonyl (C=O) groups is 1. The summed E-state index contributed by atoms with van der Waals surface area (Å²) >= 11 is 0. The zero-order valence-corrected chi connectivity index (χ0v) is 17.8. The van der Waals surface area contributed by atoms with Crippen molar-refractivity contribution in [3.63, 3.8) is 0 Å². The average Bonchev–Trinajstić information content (AvgIpc) is 3.24. The molecule has 0 atom stereocenters. The molecular formula is C21H24F2N2O5S. The summed E-state index contributed by atoms with van der Waals surface area (Å²) in [5, 5.41) is 2.68. The second-order valence-corrected chi connectivity index (χ2v) is 8.86. The molecule has 31 heavy (non-hydrogen) atoms. The van der Waals surface area contributed by atoms with Crippen LogP contribution in [0.2, 0.25) is 0 Å². The molecule has 168 valence electrons. The van der Waals surface area contributed by atoms with E-state index in [0.29, 0.717) is 5.56 Å². The lowest BCUT2D eigenvalue weighted by Gasteiger charge is -2.16. The first-order valence-electron chi connectivity index (χ1n) is 9.81. The molecule has 2 aromatic carbocycles. The van der Waals surface area contributed by atoms with Gasteiger partial charge < -0.3 is 14.8 Å². The third kappa shape index (κ3) is 6.14. The summed E-state index contributed by atoms with van der Waals surface area (Å²) in [5.41, 5.74) is 0.824. The lowest BCUT2D eigenvalue weighted by Crippen LogP contribution is -2.33. The Morgan fingerprint density at radius 1 is 1.13 bits per heavy atom. The Labute approximate surface area is 179 Å². The molecule has 7 nitrogen and oxygen atoms in total. The summed E-state index contributed by atoms with van der Waals surface area (Å²) in [7, 11) is -2.49. The molecule has 0 bridgehead atoms. The molecule has 1 aliphatic rings. The second kappa shape index (κ2) is 10.1.